The molecule has 5 rings (SSSR count). The Bertz CT molecular complexity index is 1570. The molecule has 2 aliphatic heterocycles. The van der Waals surface area contributed by atoms with Crippen LogP contribution in [0.1, 0.15) is 23.1 Å². The zero-order valence-electron chi connectivity index (χ0n) is 23.4. The van der Waals surface area contributed by atoms with E-state index in [4.69, 9.17) is 5.41 Å². The summed E-state index contributed by atoms with van der Waals surface area (Å²) >= 11 is 0. The van der Waals surface area contributed by atoms with Gasteiger partial charge in [0.2, 0.25) is 0 Å². The molecule has 0 aliphatic carbocycles. The van der Waals surface area contributed by atoms with E-state index < -0.39 is 11.9 Å². The number of nitrogens with one attached hydrogen (secondary N) is 2. The molecule has 0 atom stereocenters. The van der Waals surface area contributed by atoms with Crippen LogP contribution in [0.4, 0.5) is 24.5 Å². The van der Waals surface area contributed by atoms with Gasteiger partial charge < -0.3 is 20.5 Å². The highest BCUT2D eigenvalue weighted by Gasteiger charge is 2.38. The fraction of sp³-hybridized carbons (Fsp3) is 0.250. The van der Waals surface area contributed by atoms with Crippen LogP contribution in [0.2, 0.25) is 0 Å². The predicted octanol–water partition coefficient (Wildman–Crippen LogP) is 7.00. The molecular formula is C32H33F3N6S. The molecule has 0 radical (unpaired) electrons. The molecule has 0 bridgehead atoms. The lowest BCUT2D eigenvalue weighted by atomic mass is 10.0. The van der Waals surface area contributed by atoms with Crippen LogP contribution in [-0.2, 0) is 6.54 Å². The summed E-state index contributed by atoms with van der Waals surface area (Å²) in [5.74, 6) is 7.20. The Morgan fingerprint density at radius 1 is 1.02 bits per heavy atom. The molecule has 0 saturated carbocycles. The van der Waals surface area contributed by atoms with E-state index in [1.54, 1.807) is 12.1 Å². The van der Waals surface area contributed by atoms with Gasteiger partial charge in [0.05, 0.1) is 5.71 Å². The van der Waals surface area contributed by atoms with E-state index in [-0.39, 0.29) is 16.9 Å². The van der Waals surface area contributed by atoms with Gasteiger partial charge in [0.15, 0.2) is 0 Å². The first-order valence-electron chi connectivity index (χ1n) is 13.6. The van der Waals surface area contributed by atoms with Crippen LogP contribution in [0.15, 0.2) is 89.3 Å². The molecule has 3 aromatic carbocycles. The number of alkyl halides is 3. The van der Waals surface area contributed by atoms with Gasteiger partial charge in [0, 0.05) is 67.8 Å². The number of nitrogens with zero attached hydrogens (tertiary/aromatic N) is 4. The number of hydrogen-bond donors (Lipinski definition) is 2. The number of anilines is 2. The minimum Gasteiger partial charge on any atom is -0.388 e. The zero-order chi connectivity index (χ0) is 29.9. The second-order valence-electron chi connectivity index (χ2n) is 10.2. The number of rotatable bonds is 9. The normalized spacial score (nSPS) is 15.7. The largest absolute Gasteiger partial charge is 0.431 e. The molecule has 1 saturated heterocycles. The molecule has 0 unspecified atom stereocenters. The number of hydrogen-bond acceptors (Lipinski definition) is 6. The molecule has 218 valence electrons. The van der Waals surface area contributed by atoms with Crippen LogP contribution in [-0.4, -0.2) is 66.2 Å². The van der Waals surface area contributed by atoms with Crippen molar-refractivity contribution in [3.8, 4) is 11.1 Å². The summed E-state index contributed by atoms with van der Waals surface area (Å²) < 4.78 is 39.1. The minimum atomic E-state index is -4.47. The molecule has 0 amide bonds. The summed E-state index contributed by atoms with van der Waals surface area (Å²) in [7, 11) is 2.01. The average Bonchev–Trinajstić information content (AvgIpc) is 3.51. The fourth-order valence-corrected chi connectivity index (χ4v) is 6.20. The van der Waals surface area contributed by atoms with Crippen LogP contribution in [0.3, 0.4) is 0 Å². The predicted molar refractivity (Wildman–Crippen MR) is 172 cm³/mol. The van der Waals surface area contributed by atoms with Crippen molar-refractivity contribution in [1.29, 1.82) is 5.41 Å². The van der Waals surface area contributed by atoms with Gasteiger partial charge >= 0.3 is 6.18 Å². The van der Waals surface area contributed by atoms with E-state index >= 15 is 0 Å². The van der Waals surface area contributed by atoms with Crippen molar-refractivity contribution in [3.63, 3.8) is 0 Å². The highest BCUT2D eigenvalue weighted by atomic mass is 32.2. The van der Waals surface area contributed by atoms with Gasteiger partial charge in [-0.3, -0.25) is 0 Å². The quantitative estimate of drug-likeness (QED) is 0.208. The van der Waals surface area contributed by atoms with E-state index in [0.29, 0.717) is 17.8 Å². The van der Waals surface area contributed by atoms with Crippen molar-refractivity contribution in [2.24, 2.45) is 10.2 Å². The maximum Gasteiger partial charge on any atom is 0.431 e. The summed E-state index contributed by atoms with van der Waals surface area (Å²) in [5.41, 5.74) is 5.79. The third-order valence-electron chi connectivity index (χ3n) is 7.53. The summed E-state index contributed by atoms with van der Waals surface area (Å²) in [5, 5.41) is 18.0. The van der Waals surface area contributed by atoms with E-state index in [2.05, 4.69) is 56.0 Å². The van der Waals surface area contributed by atoms with Crippen LogP contribution in [0, 0.1) is 5.41 Å². The third kappa shape index (κ3) is 6.49. The van der Waals surface area contributed by atoms with Crippen LogP contribution < -0.4 is 10.2 Å². The van der Waals surface area contributed by atoms with E-state index in [1.165, 1.54) is 6.21 Å². The van der Waals surface area contributed by atoms with Gasteiger partial charge in [0.25, 0.3) is 0 Å². The molecule has 3 aromatic rings. The Hall–Kier alpha value is -4.18. The molecule has 0 spiro atoms. The Labute approximate surface area is 246 Å². The Balaban J connectivity index is 1.42. The maximum atomic E-state index is 13.0. The molecule has 10 heteroatoms. The third-order valence-corrected chi connectivity index (χ3v) is 9.05. The van der Waals surface area contributed by atoms with Crippen molar-refractivity contribution < 1.29 is 13.2 Å². The maximum absolute atomic E-state index is 13.0. The lowest BCUT2D eigenvalue weighted by molar-refractivity contribution is -0.0596. The molecular weight excluding hydrogens is 557 g/mol. The Kier molecular flexibility index (Phi) is 8.63. The summed E-state index contributed by atoms with van der Waals surface area (Å²) in [6.07, 6.45) is -3.46. The molecule has 2 aliphatic rings. The van der Waals surface area contributed by atoms with Gasteiger partial charge in [-0.1, -0.05) is 61.0 Å². The highest BCUT2D eigenvalue weighted by molar-refractivity contribution is 8.14. The van der Waals surface area contributed by atoms with E-state index in [9.17, 15) is 13.2 Å². The van der Waals surface area contributed by atoms with Crippen molar-refractivity contribution >= 4 is 45.4 Å². The second kappa shape index (κ2) is 12.4. The van der Waals surface area contributed by atoms with Gasteiger partial charge in [-0.2, -0.15) is 28.8 Å². The van der Waals surface area contributed by atoms with Gasteiger partial charge in [-0.25, -0.2) is 0 Å². The SMILES string of the molecule is C=C(N1CCS(=C)CC1)N(Cc1ccc(C2=NN=C(C(F)(F)F)C2)cc1)c1cccc(-c2ccc(C=N)c(NC)c2)c1. The van der Waals surface area contributed by atoms with Crippen molar-refractivity contribution in [2.75, 3.05) is 41.9 Å². The Morgan fingerprint density at radius 2 is 1.71 bits per heavy atom. The van der Waals surface area contributed by atoms with Crippen molar-refractivity contribution in [3.05, 3.63) is 95.8 Å². The number of benzene rings is 3. The molecule has 2 N–H and O–H groups in total. The molecule has 6 nitrogen and oxygen atoms in total. The Morgan fingerprint density at radius 3 is 2.36 bits per heavy atom. The number of halogens is 3. The molecule has 2 heterocycles. The topological polar surface area (TPSA) is 67.1 Å². The minimum absolute atomic E-state index is 0.166. The van der Waals surface area contributed by atoms with Crippen LogP contribution >= 0.6 is 10.5 Å². The summed E-state index contributed by atoms with van der Waals surface area (Å²) in [4.78, 5) is 4.49. The average molecular weight is 591 g/mol. The summed E-state index contributed by atoms with van der Waals surface area (Å²) in [6.45, 7) is 6.80. The van der Waals surface area contributed by atoms with Crippen LogP contribution in [0.25, 0.3) is 11.1 Å². The standard InChI is InChI=1S/C32H33F3N6S/c1-22(40-13-15-42(3)16-14-40)41(21-23-7-9-24(10-8-23)30-19-31(39-38-30)32(33,34)35)28-6-4-5-25(17-28)26-11-12-27(20-36)29(18-26)37-2/h4-12,17-18,20,36-37H,1,3,13-16,19,21H2,2H3. The lowest BCUT2D eigenvalue weighted by Crippen LogP contribution is -2.40. The molecule has 1 fully saturated rings. The van der Waals surface area contributed by atoms with Gasteiger partial charge in [-0.05, 0) is 40.5 Å². The fourth-order valence-electron chi connectivity index (χ4n) is 5.04. The summed E-state index contributed by atoms with van der Waals surface area (Å²) in [6, 6.07) is 21.7. The van der Waals surface area contributed by atoms with Gasteiger partial charge in [0.1, 0.15) is 11.5 Å². The lowest BCUT2D eigenvalue weighted by Gasteiger charge is -2.38. The highest BCUT2D eigenvalue weighted by Crippen LogP contribution is 2.32. The van der Waals surface area contributed by atoms with E-state index in [1.807, 2.05) is 43.4 Å². The van der Waals surface area contributed by atoms with Crippen molar-refractivity contribution in [2.45, 2.75) is 19.1 Å². The first kappa shape index (κ1) is 29.3. The smallest absolute Gasteiger partial charge is 0.388 e. The zero-order valence-corrected chi connectivity index (χ0v) is 24.2. The molecule has 0 aromatic heterocycles. The van der Waals surface area contributed by atoms with E-state index in [0.717, 1.165) is 64.0 Å². The van der Waals surface area contributed by atoms with Gasteiger partial charge in [-0.15, -0.1) is 5.10 Å². The van der Waals surface area contributed by atoms with Crippen LogP contribution in [0.5, 0.6) is 0 Å². The first-order chi connectivity index (χ1) is 20.2. The molecule has 42 heavy (non-hydrogen) atoms. The monoisotopic (exact) mass is 590 g/mol. The first-order valence-corrected chi connectivity index (χ1v) is 15.3. The second-order valence-corrected chi connectivity index (χ2v) is 12.3. The van der Waals surface area contributed by atoms with Crippen molar-refractivity contribution in [1.82, 2.24) is 4.90 Å².